The summed E-state index contributed by atoms with van der Waals surface area (Å²) >= 11 is 0. The summed E-state index contributed by atoms with van der Waals surface area (Å²) in [5.41, 5.74) is 9.16. The van der Waals surface area contributed by atoms with Crippen molar-refractivity contribution < 1.29 is 14.3 Å². The number of hydrogen-bond acceptors (Lipinski definition) is 5. The molecule has 0 spiro atoms. The topological polar surface area (TPSA) is 88.2 Å². The molecule has 0 aromatic heterocycles. The van der Waals surface area contributed by atoms with E-state index in [9.17, 15) is 9.59 Å². The molecule has 1 aliphatic carbocycles. The van der Waals surface area contributed by atoms with E-state index in [4.69, 9.17) is 10.5 Å². The van der Waals surface area contributed by atoms with Gasteiger partial charge < -0.3 is 15.4 Å². The maximum Gasteiger partial charge on any atom is 0.266 e. The number of benzodiazepines with no additional fused rings is 1. The number of ether oxygens (including phenoxy) is 1. The molecule has 3 aliphatic heterocycles. The number of aliphatic imine (C=N–C) groups is 1. The molecule has 1 aromatic carbocycles. The lowest BCUT2D eigenvalue weighted by atomic mass is 9.84. The Morgan fingerprint density at radius 2 is 1.86 bits per heavy atom. The molecule has 29 heavy (non-hydrogen) atoms. The Balaban J connectivity index is 1.65. The molecule has 1 atom stereocenters. The number of fused-ring (bicyclic) bond motifs is 5. The number of methoxy groups -OCH3 is 1. The molecule has 3 heterocycles. The van der Waals surface area contributed by atoms with E-state index in [0.717, 1.165) is 24.2 Å². The van der Waals surface area contributed by atoms with E-state index in [-0.39, 0.29) is 25.0 Å². The minimum atomic E-state index is -1.04. The highest BCUT2D eigenvalue weighted by Gasteiger charge is 2.35. The van der Waals surface area contributed by atoms with Crippen molar-refractivity contribution in [3.63, 3.8) is 0 Å². The first-order chi connectivity index (χ1) is 14.0. The second kappa shape index (κ2) is 8.24. The summed E-state index contributed by atoms with van der Waals surface area (Å²) in [5, 5.41) is 0. The van der Waals surface area contributed by atoms with Gasteiger partial charge in [-0.25, -0.2) is 0 Å². The van der Waals surface area contributed by atoms with Crippen LogP contribution in [0.15, 0.2) is 23.2 Å². The summed E-state index contributed by atoms with van der Waals surface area (Å²) in [6.07, 6.45) is 3.78. The van der Waals surface area contributed by atoms with Crippen LogP contribution in [0.4, 0.5) is 5.69 Å². The minimum absolute atomic E-state index is 0.000388. The van der Waals surface area contributed by atoms with Crippen LogP contribution in [-0.4, -0.2) is 61.9 Å². The zero-order valence-electron chi connectivity index (χ0n) is 17.3. The van der Waals surface area contributed by atoms with Gasteiger partial charge in [-0.2, -0.15) is 0 Å². The lowest BCUT2D eigenvalue weighted by Crippen LogP contribution is -2.49. The zero-order valence-corrected chi connectivity index (χ0v) is 17.3. The van der Waals surface area contributed by atoms with Crippen LogP contribution >= 0.6 is 0 Å². The van der Waals surface area contributed by atoms with Crippen LogP contribution in [0.25, 0.3) is 0 Å². The van der Waals surface area contributed by atoms with Gasteiger partial charge in [0.05, 0.1) is 18.0 Å². The quantitative estimate of drug-likeness (QED) is 0.836. The molecule has 7 heteroatoms. The van der Waals surface area contributed by atoms with Gasteiger partial charge in [0.15, 0.2) is 6.17 Å². The fraction of sp³-hybridized carbons (Fsp3) is 0.591. The number of benzene rings is 1. The van der Waals surface area contributed by atoms with E-state index in [1.54, 1.807) is 7.11 Å². The molecule has 156 valence electrons. The van der Waals surface area contributed by atoms with Crippen LogP contribution in [0.3, 0.4) is 0 Å². The summed E-state index contributed by atoms with van der Waals surface area (Å²) in [6, 6.07) is 5.78. The highest BCUT2D eigenvalue weighted by Crippen LogP contribution is 2.34. The summed E-state index contributed by atoms with van der Waals surface area (Å²) in [7, 11) is 1.59. The highest BCUT2D eigenvalue weighted by atomic mass is 16.5. The molecular weight excluding hydrogens is 368 g/mol. The fourth-order valence-corrected chi connectivity index (χ4v) is 4.95. The van der Waals surface area contributed by atoms with Crippen LogP contribution in [0.1, 0.15) is 36.8 Å². The SMILES string of the molecule is COCC1=N[C@H](N)C(=O)N(CC(=O)N2CC3CCC(CC3)C2)c2c(C)cccc21. The summed E-state index contributed by atoms with van der Waals surface area (Å²) in [6.45, 7) is 3.80. The van der Waals surface area contributed by atoms with E-state index in [2.05, 4.69) is 4.99 Å². The molecule has 1 aromatic rings. The predicted octanol–water partition coefficient (Wildman–Crippen LogP) is 1.71. The molecule has 0 unspecified atom stereocenters. The molecular formula is C22H30N4O3. The van der Waals surface area contributed by atoms with Crippen molar-refractivity contribution in [3.8, 4) is 0 Å². The van der Waals surface area contributed by atoms with Crippen molar-refractivity contribution in [2.45, 2.75) is 38.8 Å². The average molecular weight is 399 g/mol. The van der Waals surface area contributed by atoms with Crippen molar-refractivity contribution in [2.24, 2.45) is 22.6 Å². The molecule has 1 saturated carbocycles. The van der Waals surface area contributed by atoms with Crippen LogP contribution in [-0.2, 0) is 14.3 Å². The lowest BCUT2D eigenvalue weighted by molar-refractivity contribution is -0.132. The maximum absolute atomic E-state index is 13.3. The van der Waals surface area contributed by atoms with Crippen LogP contribution in [0.5, 0.6) is 0 Å². The van der Waals surface area contributed by atoms with E-state index in [1.165, 1.54) is 30.6 Å². The van der Waals surface area contributed by atoms with Gasteiger partial charge in [0.2, 0.25) is 5.91 Å². The van der Waals surface area contributed by atoms with E-state index < -0.39 is 6.17 Å². The first-order valence-corrected chi connectivity index (χ1v) is 10.5. The van der Waals surface area contributed by atoms with Gasteiger partial charge in [0.1, 0.15) is 6.54 Å². The standard InChI is InChI=1S/C22H30N4O3/c1-14-4-3-5-17-18(13-29-2)24-21(23)22(28)26(20(14)17)12-19(27)25-10-15-6-7-16(11-25)9-8-15/h3-5,15-16,21H,6-13,23H2,1-2H3/t15?,16?,21-/m0/s1. The third kappa shape index (κ3) is 3.94. The van der Waals surface area contributed by atoms with Crippen molar-refractivity contribution in [2.75, 3.05) is 38.3 Å². The van der Waals surface area contributed by atoms with Gasteiger partial charge in [-0.3, -0.25) is 19.5 Å². The van der Waals surface area contributed by atoms with Crippen LogP contribution < -0.4 is 10.6 Å². The molecule has 2 amide bonds. The van der Waals surface area contributed by atoms with Gasteiger partial charge in [-0.1, -0.05) is 18.2 Å². The van der Waals surface area contributed by atoms with Crippen molar-refractivity contribution in [1.82, 2.24) is 4.90 Å². The first-order valence-electron chi connectivity index (χ1n) is 10.5. The number of carbonyl (C=O) groups is 2. The number of nitrogens with zero attached hydrogens (tertiary/aromatic N) is 3. The monoisotopic (exact) mass is 398 g/mol. The molecule has 2 saturated heterocycles. The summed E-state index contributed by atoms with van der Waals surface area (Å²) in [4.78, 5) is 34.3. The third-order valence-electron chi connectivity index (χ3n) is 6.48. The minimum Gasteiger partial charge on any atom is -0.378 e. The Morgan fingerprint density at radius 1 is 1.21 bits per heavy atom. The Morgan fingerprint density at radius 3 is 2.48 bits per heavy atom. The Bertz CT molecular complexity index is 815. The molecule has 3 fully saturated rings. The maximum atomic E-state index is 13.3. The molecule has 2 N–H and O–H groups in total. The van der Waals surface area contributed by atoms with Gasteiger partial charge >= 0.3 is 0 Å². The number of amides is 2. The normalized spacial score (nSPS) is 26.7. The van der Waals surface area contributed by atoms with E-state index in [1.807, 2.05) is 30.0 Å². The number of para-hydroxylation sites is 1. The second-order valence-electron chi connectivity index (χ2n) is 8.53. The summed E-state index contributed by atoms with van der Waals surface area (Å²) < 4.78 is 5.28. The number of anilines is 1. The van der Waals surface area contributed by atoms with Gasteiger partial charge in [0.25, 0.3) is 5.91 Å². The number of carbonyl (C=O) groups excluding carboxylic acids is 2. The Labute approximate surface area is 171 Å². The number of hydrogen-bond donors (Lipinski definition) is 1. The predicted molar refractivity (Wildman–Crippen MR) is 112 cm³/mol. The first kappa shape index (κ1) is 20.0. The number of nitrogens with two attached hydrogens (primary N) is 1. The third-order valence-corrected chi connectivity index (χ3v) is 6.48. The lowest BCUT2D eigenvalue weighted by Gasteiger charge is -2.29. The average Bonchev–Trinajstić information content (AvgIpc) is 3.08. The Hall–Kier alpha value is -2.25. The van der Waals surface area contributed by atoms with Crippen LogP contribution in [0.2, 0.25) is 0 Å². The molecule has 0 radical (unpaired) electrons. The van der Waals surface area contributed by atoms with Crippen molar-refractivity contribution in [1.29, 1.82) is 0 Å². The number of aryl methyl sites for hydroxylation is 1. The van der Waals surface area contributed by atoms with E-state index in [0.29, 0.717) is 23.2 Å². The fourth-order valence-electron chi connectivity index (χ4n) is 4.95. The molecule has 5 rings (SSSR count). The van der Waals surface area contributed by atoms with Crippen LogP contribution in [0, 0.1) is 18.8 Å². The highest BCUT2D eigenvalue weighted by molar-refractivity contribution is 6.14. The van der Waals surface area contributed by atoms with Crippen molar-refractivity contribution >= 4 is 23.2 Å². The van der Waals surface area contributed by atoms with Gasteiger partial charge in [-0.05, 0) is 50.0 Å². The second-order valence-corrected chi connectivity index (χ2v) is 8.53. The summed E-state index contributed by atoms with van der Waals surface area (Å²) in [5.74, 6) is 0.822. The largest absolute Gasteiger partial charge is 0.378 e. The Kier molecular flexibility index (Phi) is 5.69. The van der Waals surface area contributed by atoms with Crippen molar-refractivity contribution in [3.05, 3.63) is 29.3 Å². The molecule has 4 aliphatic rings. The van der Waals surface area contributed by atoms with Gasteiger partial charge in [-0.15, -0.1) is 0 Å². The molecule has 7 nitrogen and oxygen atoms in total. The van der Waals surface area contributed by atoms with E-state index >= 15 is 0 Å². The zero-order chi connectivity index (χ0) is 20.5. The molecule has 2 bridgehead atoms. The smallest absolute Gasteiger partial charge is 0.266 e. The number of rotatable bonds is 4. The van der Waals surface area contributed by atoms with Gasteiger partial charge in [0, 0.05) is 25.8 Å².